The van der Waals surface area contributed by atoms with E-state index in [1.54, 1.807) is 25.7 Å². The average Bonchev–Trinajstić information content (AvgIpc) is 2.25. The van der Waals surface area contributed by atoms with Gasteiger partial charge in [-0.25, -0.2) is 4.79 Å². The quantitative estimate of drug-likeness (QED) is 0.746. The zero-order valence-electron chi connectivity index (χ0n) is 11.6. The van der Waals surface area contributed by atoms with Crippen molar-refractivity contribution in [2.75, 3.05) is 26.2 Å². The molecule has 0 bridgehead atoms. The summed E-state index contributed by atoms with van der Waals surface area (Å²) in [6.45, 7) is 7.84. The molecule has 6 heteroatoms. The van der Waals surface area contributed by atoms with Gasteiger partial charge in [0.05, 0.1) is 0 Å². The van der Waals surface area contributed by atoms with Crippen molar-refractivity contribution in [2.45, 2.75) is 39.7 Å². The maximum Gasteiger partial charge on any atom is 0.323 e. The summed E-state index contributed by atoms with van der Waals surface area (Å²) in [5, 5.41) is 17.7. The van der Waals surface area contributed by atoms with Crippen LogP contribution < -0.4 is 0 Å². The fourth-order valence-corrected chi connectivity index (χ4v) is 1.55. The SMILES string of the molecule is CCN(CCCO)C(=O)N(CC(=O)O)C(C)(C)C. The van der Waals surface area contributed by atoms with Crippen molar-refractivity contribution < 1.29 is 19.8 Å². The first-order chi connectivity index (χ1) is 8.23. The monoisotopic (exact) mass is 260 g/mol. The molecular formula is C12H24N2O4. The Morgan fingerprint density at radius 3 is 2.11 bits per heavy atom. The van der Waals surface area contributed by atoms with Crippen LogP contribution in [0, 0.1) is 0 Å². The van der Waals surface area contributed by atoms with Crippen molar-refractivity contribution >= 4 is 12.0 Å². The first-order valence-corrected chi connectivity index (χ1v) is 6.13. The van der Waals surface area contributed by atoms with Crippen LogP contribution in [0.1, 0.15) is 34.1 Å². The number of rotatable bonds is 6. The average molecular weight is 260 g/mol. The standard InChI is InChI=1S/C12H24N2O4/c1-5-13(7-6-8-15)11(18)14(9-10(16)17)12(2,3)4/h15H,5-9H2,1-4H3,(H,16,17). The van der Waals surface area contributed by atoms with E-state index in [2.05, 4.69) is 0 Å². The molecule has 0 aliphatic heterocycles. The van der Waals surface area contributed by atoms with Gasteiger partial charge in [-0.2, -0.15) is 0 Å². The summed E-state index contributed by atoms with van der Waals surface area (Å²) < 4.78 is 0. The van der Waals surface area contributed by atoms with Crippen LogP contribution in [0.3, 0.4) is 0 Å². The summed E-state index contributed by atoms with van der Waals surface area (Å²) in [7, 11) is 0. The molecule has 0 saturated heterocycles. The zero-order chi connectivity index (χ0) is 14.3. The van der Waals surface area contributed by atoms with Gasteiger partial charge in [0.15, 0.2) is 0 Å². The van der Waals surface area contributed by atoms with Gasteiger partial charge in [-0.3, -0.25) is 4.79 Å². The molecule has 2 N–H and O–H groups in total. The fourth-order valence-electron chi connectivity index (χ4n) is 1.55. The van der Waals surface area contributed by atoms with Crippen molar-refractivity contribution in [3.05, 3.63) is 0 Å². The van der Waals surface area contributed by atoms with Crippen molar-refractivity contribution in [3.8, 4) is 0 Å². The Hall–Kier alpha value is -1.30. The number of amides is 2. The van der Waals surface area contributed by atoms with E-state index in [1.807, 2.05) is 6.92 Å². The number of carbonyl (C=O) groups is 2. The Kier molecular flexibility index (Phi) is 6.68. The Labute approximate surface area is 108 Å². The van der Waals surface area contributed by atoms with Crippen molar-refractivity contribution in [3.63, 3.8) is 0 Å². The third-order valence-electron chi connectivity index (χ3n) is 2.57. The lowest BCUT2D eigenvalue weighted by atomic mass is 10.1. The zero-order valence-corrected chi connectivity index (χ0v) is 11.6. The van der Waals surface area contributed by atoms with Gasteiger partial charge >= 0.3 is 12.0 Å². The van der Waals surface area contributed by atoms with Crippen LogP contribution in [0.15, 0.2) is 0 Å². The molecule has 0 radical (unpaired) electrons. The van der Waals surface area contributed by atoms with E-state index in [0.29, 0.717) is 19.5 Å². The minimum atomic E-state index is -1.03. The van der Waals surface area contributed by atoms with E-state index in [0.717, 1.165) is 0 Å². The van der Waals surface area contributed by atoms with Crippen LogP contribution in [0.2, 0.25) is 0 Å². The molecule has 0 aliphatic rings. The summed E-state index contributed by atoms with van der Waals surface area (Å²) in [5.41, 5.74) is -0.553. The summed E-state index contributed by atoms with van der Waals surface area (Å²) in [6, 6.07) is -0.305. The topological polar surface area (TPSA) is 81.1 Å². The lowest BCUT2D eigenvalue weighted by Crippen LogP contribution is -2.53. The summed E-state index contributed by atoms with van der Waals surface area (Å²) in [5.74, 6) is -1.03. The minimum absolute atomic E-state index is 0.0121. The second kappa shape index (κ2) is 7.20. The van der Waals surface area contributed by atoms with Gasteiger partial charge in [-0.15, -0.1) is 0 Å². The summed E-state index contributed by atoms with van der Waals surface area (Å²) in [6.07, 6.45) is 0.491. The number of urea groups is 1. The number of nitrogens with zero attached hydrogens (tertiary/aromatic N) is 2. The van der Waals surface area contributed by atoms with Gasteiger partial charge in [0.2, 0.25) is 0 Å². The Balaban J connectivity index is 4.86. The molecule has 0 atom stereocenters. The molecule has 2 amide bonds. The smallest absolute Gasteiger partial charge is 0.323 e. The van der Waals surface area contributed by atoms with E-state index in [9.17, 15) is 9.59 Å². The number of aliphatic hydroxyl groups excluding tert-OH is 1. The van der Waals surface area contributed by atoms with E-state index in [-0.39, 0.29) is 19.2 Å². The molecule has 0 heterocycles. The van der Waals surface area contributed by atoms with Gasteiger partial charge < -0.3 is 20.0 Å². The number of aliphatic carboxylic acids is 1. The predicted octanol–water partition coefficient (Wildman–Crippen LogP) is 0.996. The number of carboxylic acids is 1. The van der Waals surface area contributed by atoms with Gasteiger partial charge in [0.25, 0.3) is 0 Å². The second-order valence-electron chi connectivity index (χ2n) is 5.09. The molecule has 0 aromatic carbocycles. The van der Waals surface area contributed by atoms with Crippen LogP contribution in [-0.2, 0) is 4.79 Å². The van der Waals surface area contributed by atoms with Crippen LogP contribution in [-0.4, -0.2) is 63.8 Å². The number of carboxylic acid groups (broad SMARTS) is 1. The van der Waals surface area contributed by atoms with Crippen molar-refractivity contribution in [1.29, 1.82) is 0 Å². The molecule has 0 aromatic heterocycles. The second-order valence-corrected chi connectivity index (χ2v) is 5.09. The van der Waals surface area contributed by atoms with Crippen molar-refractivity contribution in [1.82, 2.24) is 9.80 Å². The van der Waals surface area contributed by atoms with Crippen LogP contribution in [0.25, 0.3) is 0 Å². The molecule has 0 rings (SSSR count). The number of aliphatic hydroxyl groups is 1. The lowest BCUT2D eigenvalue weighted by molar-refractivity contribution is -0.138. The van der Waals surface area contributed by atoms with Gasteiger partial charge in [0, 0.05) is 25.2 Å². The van der Waals surface area contributed by atoms with Crippen LogP contribution >= 0.6 is 0 Å². The number of hydrogen-bond acceptors (Lipinski definition) is 3. The van der Waals surface area contributed by atoms with Gasteiger partial charge in [-0.05, 0) is 34.1 Å². The summed E-state index contributed by atoms with van der Waals surface area (Å²) >= 11 is 0. The molecule has 0 aliphatic carbocycles. The molecule has 0 unspecified atom stereocenters. The lowest BCUT2D eigenvalue weighted by Gasteiger charge is -2.38. The molecule has 6 nitrogen and oxygen atoms in total. The molecule has 0 aromatic rings. The number of hydrogen-bond donors (Lipinski definition) is 2. The van der Waals surface area contributed by atoms with E-state index in [1.165, 1.54) is 4.90 Å². The third-order valence-corrected chi connectivity index (χ3v) is 2.57. The highest BCUT2D eigenvalue weighted by molar-refractivity contribution is 5.80. The molecular weight excluding hydrogens is 236 g/mol. The molecule has 0 saturated carbocycles. The molecule has 18 heavy (non-hydrogen) atoms. The highest BCUT2D eigenvalue weighted by Crippen LogP contribution is 2.15. The van der Waals surface area contributed by atoms with Gasteiger partial charge in [0.1, 0.15) is 6.54 Å². The maximum absolute atomic E-state index is 12.3. The van der Waals surface area contributed by atoms with Gasteiger partial charge in [-0.1, -0.05) is 0 Å². The maximum atomic E-state index is 12.3. The molecule has 0 spiro atoms. The Morgan fingerprint density at radius 2 is 1.78 bits per heavy atom. The van der Waals surface area contributed by atoms with E-state index in [4.69, 9.17) is 10.2 Å². The number of carbonyl (C=O) groups excluding carboxylic acids is 1. The Morgan fingerprint density at radius 1 is 1.22 bits per heavy atom. The van der Waals surface area contributed by atoms with Crippen LogP contribution in [0.5, 0.6) is 0 Å². The fraction of sp³-hybridized carbons (Fsp3) is 0.833. The highest BCUT2D eigenvalue weighted by atomic mass is 16.4. The van der Waals surface area contributed by atoms with E-state index < -0.39 is 11.5 Å². The first-order valence-electron chi connectivity index (χ1n) is 6.13. The molecule has 0 fully saturated rings. The van der Waals surface area contributed by atoms with Crippen molar-refractivity contribution in [2.24, 2.45) is 0 Å². The highest BCUT2D eigenvalue weighted by Gasteiger charge is 2.31. The van der Waals surface area contributed by atoms with E-state index >= 15 is 0 Å². The predicted molar refractivity (Wildman–Crippen MR) is 68.4 cm³/mol. The first kappa shape index (κ1) is 16.7. The largest absolute Gasteiger partial charge is 0.480 e. The molecule has 106 valence electrons. The normalized spacial score (nSPS) is 11.2. The van der Waals surface area contributed by atoms with Crippen LogP contribution in [0.4, 0.5) is 4.79 Å². The minimum Gasteiger partial charge on any atom is -0.480 e. The Bertz CT molecular complexity index is 286. The summed E-state index contributed by atoms with van der Waals surface area (Å²) in [4.78, 5) is 26.0. The third kappa shape index (κ3) is 5.35.